The Bertz CT molecular complexity index is 3700. The molecular formula is C62H46O4. The van der Waals surface area contributed by atoms with Crippen LogP contribution >= 0.6 is 0 Å². The zero-order chi connectivity index (χ0) is 44.7. The Labute approximate surface area is 383 Å². The fourth-order valence-corrected chi connectivity index (χ4v) is 12.9. The van der Waals surface area contributed by atoms with E-state index in [1.165, 1.54) is 55.6 Å². The van der Waals surface area contributed by atoms with Gasteiger partial charge in [0.05, 0.1) is 16.6 Å². The number of fused-ring (bicyclic) bond motifs is 10. The van der Waals surface area contributed by atoms with Crippen LogP contribution in [0.15, 0.2) is 170 Å². The van der Waals surface area contributed by atoms with Crippen LogP contribution in [0.5, 0.6) is 17.2 Å². The molecule has 4 aliphatic rings. The molecule has 0 spiro atoms. The molecule has 2 atom stereocenters. The van der Waals surface area contributed by atoms with Crippen LogP contribution in [0, 0.1) is 12.3 Å². The van der Waals surface area contributed by atoms with E-state index in [-0.39, 0.29) is 17.2 Å². The van der Waals surface area contributed by atoms with E-state index in [2.05, 4.69) is 141 Å². The van der Waals surface area contributed by atoms with Crippen molar-refractivity contribution >= 4 is 39.8 Å². The Morgan fingerprint density at radius 2 is 1.03 bits per heavy atom. The molecule has 13 rings (SSSR count). The number of allylic oxidation sites excluding steroid dienone is 1. The number of rotatable bonds is 4. The first-order valence-electron chi connectivity index (χ1n) is 23.0. The summed E-state index contributed by atoms with van der Waals surface area (Å²) in [7, 11) is 0. The van der Waals surface area contributed by atoms with Crippen LogP contribution in [0.4, 0.5) is 0 Å². The van der Waals surface area contributed by atoms with Crippen molar-refractivity contribution in [2.24, 2.45) is 5.41 Å². The molecule has 9 aromatic rings. The quantitative estimate of drug-likeness (QED) is 0.142. The SMILES string of the molecule is Cc1cc(C2(C3(C)C=c4ccc(O)cc4=CC3)c3ccccc3-c3cc4c(cc32)-c2ccccc2C4(c2ccc3cc(O)ccc3c2)c2ccc3cc(O)ccc3c2)cc2c1C=C(O)CC2. The van der Waals surface area contributed by atoms with Gasteiger partial charge in [-0.15, -0.1) is 0 Å². The van der Waals surface area contributed by atoms with Gasteiger partial charge in [-0.2, -0.15) is 0 Å². The van der Waals surface area contributed by atoms with Gasteiger partial charge in [-0.3, -0.25) is 0 Å². The van der Waals surface area contributed by atoms with Crippen LogP contribution in [0.2, 0.25) is 0 Å². The molecule has 0 saturated heterocycles. The maximum Gasteiger partial charge on any atom is 0.116 e. The number of phenols is 3. The molecule has 4 nitrogen and oxygen atoms in total. The standard InChI is InChI=1S/C62H46O4/c1-36-25-46(28-42-15-21-50(66)32-53(36)42)62(60(2)24-23-41-31-49(65)22-16-43(41)35-60)57-10-6-4-8-52(57)55-33-58-54(34-59(55)62)51-7-3-5-9-56(51)61(58,44-17-11-39-29-47(63)19-13-37(39)26-44)45-18-12-40-30-48(64)20-14-38(40)27-45/h3-14,16-20,22-23,25-35,63-66H,15,21,24H2,1-2H3. The molecule has 0 fully saturated rings. The van der Waals surface area contributed by atoms with E-state index in [1.807, 2.05) is 36.4 Å². The van der Waals surface area contributed by atoms with Crippen molar-refractivity contribution in [3.63, 3.8) is 0 Å². The molecule has 4 N–H and O–H groups in total. The second kappa shape index (κ2) is 13.6. The molecular weight excluding hydrogens is 809 g/mol. The van der Waals surface area contributed by atoms with Crippen molar-refractivity contribution in [3.8, 4) is 39.5 Å². The maximum absolute atomic E-state index is 10.7. The molecule has 0 heterocycles. The smallest absolute Gasteiger partial charge is 0.116 e. The van der Waals surface area contributed by atoms with Gasteiger partial charge in [0.1, 0.15) is 17.2 Å². The average molecular weight is 855 g/mol. The lowest BCUT2D eigenvalue weighted by Crippen LogP contribution is -2.47. The third-order valence-corrected chi connectivity index (χ3v) is 15.7. The van der Waals surface area contributed by atoms with E-state index < -0.39 is 16.2 Å². The highest BCUT2D eigenvalue weighted by Crippen LogP contribution is 2.66. The third-order valence-electron chi connectivity index (χ3n) is 15.7. The Hall–Kier alpha value is -7.82. The van der Waals surface area contributed by atoms with E-state index >= 15 is 0 Å². The van der Waals surface area contributed by atoms with E-state index in [1.54, 1.807) is 18.2 Å². The monoisotopic (exact) mass is 854 g/mol. The number of phenolic OH excluding ortho intramolecular Hbond substituents is 3. The van der Waals surface area contributed by atoms with Crippen molar-refractivity contribution in [3.05, 3.63) is 236 Å². The van der Waals surface area contributed by atoms with Crippen molar-refractivity contribution < 1.29 is 20.4 Å². The molecule has 318 valence electrons. The minimum atomic E-state index is -0.744. The fourth-order valence-electron chi connectivity index (χ4n) is 12.9. The van der Waals surface area contributed by atoms with E-state index in [4.69, 9.17) is 0 Å². The minimum Gasteiger partial charge on any atom is -0.512 e. The molecule has 0 bridgehead atoms. The van der Waals surface area contributed by atoms with Crippen LogP contribution in [-0.4, -0.2) is 20.4 Å². The molecule has 9 aromatic carbocycles. The highest BCUT2D eigenvalue weighted by atomic mass is 16.3. The summed E-state index contributed by atoms with van der Waals surface area (Å²) in [6.07, 6.45) is 8.87. The van der Waals surface area contributed by atoms with Gasteiger partial charge in [0.25, 0.3) is 0 Å². The number of hydrogen-bond acceptors (Lipinski definition) is 4. The molecule has 4 heteroatoms. The highest BCUT2D eigenvalue weighted by molar-refractivity contribution is 5.96. The topological polar surface area (TPSA) is 80.9 Å². The van der Waals surface area contributed by atoms with Gasteiger partial charge in [-0.1, -0.05) is 122 Å². The number of aliphatic hydroxyl groups excluding tert-OH is 1. The maximum atomic E-state index is 10.7. The fraction of sp³-hybridized carbons (Fsp3) is 0.129. The first kappa shape index (κ1) is 38.6. The van der Waals surface area contributed by atoms with Crippen LogP contribution in [-0.2, 0) is 17.3 Å². The summed E-state index contributed by atoms with van der Waals surface area (Å²) in [4.78, 5) is 0. The third kappa shape index (κ3) is 5.15. The summed E-state index contributed by atoms with van der Waals surface area (Å²) < 4.78 is 0. The van der Waals surface area contributed by atoms with Crippen molar-refractivity contribution in [2.75, 3.05) is 0 Å². The largest absolute Gasteiger partial charge is 0.512 e. The van der Waals surface area contributed by atoms with E-state index in [9.17, 15) is 20.4 Å². The predicted octanol–water partition coefficient (Wildman–Crippen LogP) is 12.6. The van der Waals surface area contributed by atoms with Crippen molar-refractivity contribution in [2.45, 2.75) is 43.9 Å². The second-order valence-corrected chi connectivity index (χ2v) is 19.3. The molecule has 4 aliphatic carbocycles. The normalized spacial score (nSPS) is 19.4. The molecule has 0 amide bonds. The summed E-state index contributed by atoms with van der Waals surface area (Å²) >= 11 is 0. The molecule has 0 aliphatic heterocycles. The number of hydrogen-bond donors (Lipinski definition) is 4. The van der Waals surface area contributed by atoms with Gasteiger partial charge in [-0.05, 0) is 196 Å². The predicted molar refractivity (Wildman–Crippen MR) is 267 cm³/mol. The van der Waals surface area contributed by atoms with Crippen LogP contribution in [0.3, 0.4) is 0 Å². The van der Waals surface area contributed by atoms with Gasteiger partial charge < -0.3 is 20.4 Å². The Balaban J connectivity index is 1.17. The zero-order valence-corrected chi connectivity index (χ0v) is 36.7. The lowest BCUT2D eigenvalue weighted by molar-refractivity contribution is 0.324. The summed E-state index contributed by atoms with van der Waals surface area (Å²) in [5.41, 5.74) is 14.9. The summed E-state index contributed by atoms with van der Waals surface area (Å²) in [5.74, 6) is 1.17. The molecule has 66 heavy (non-hydrogen) atoms. The molecule has 2 unspecified atom stereocenters. The Kier molecular flexibility index (Phi) is 7.96. The van der Waals surface area contributed by atoms with E-state index in [0.29, 0.717) is 12.2 Å². The van der Waals surface area contributed by atoms with Crippen LogP contribution in [0.1, 0.15) is 75.4 Å². The van der Waals surface area contributed by atoms with Gasteiger partial charge in [0, 0.05) is 11.8 Å². The van der Waals surface area contributed by atoms with Gasteiger partial charge in [0.2, 0.25) is 0 Å². The Morgan fingerprint density at radius 3 is 1.74 bits per heavy atom. The highest BCUT2D eigenvalue weighted by Gasteiger charge is 2.57. The zero-order valence-electron chi connectivity index (χ0n) is 36.7. The average Bonchev–Trinajstić information content (AvgIpc) is 3.79. The van der Waals surface area contributed by atoms with Gasteiger partial charge in [-0.25, -0.2) is 0 Å². The lowest BCUT2D eigenvalue weighted by Gasteiger charge is -2.48. The molecule has 0 saturated carbocycles. The van der Waals surface area contributed by atoms with E-state index in [0.717, 1.165) is 67.1 Å². The molecule has 0 radical (unpaired) electrons. The lowest BCUT2D eigenvalue weighted by atomic mass is 9.53. The van der Waals surface area contributed by atoms with Crippen molar-refractivity contribution in [1.29, 1.82) is 0 Å². The van der Waals surface area contributed by atoms with Gasteiger partial charge in [0.15, 0.2) is 0 Å². The summed E-state index contributed by atoms with van der Waals surface area (Å²) in [6, 6.07) is 58.1. The first-order chi connectivity index (χ1) is 32.0. The van der Waals surface area contributed by atoms with Gasteiger partial charge >= 0.3 is 0 Å². The first-order valence-corrected chi connectivity index (χ1v) is 23.0. The second-order valence-electron chi connectivity index (χ2n) is 19.3. The van der Waals surface area contributed by atoms with Crippen LogP contribution < -0.4 is 10.4 Å². The Morgan fingerprint density at radius 1 is 0.455 bits per heavy atom. The number of aliphatic hydroxyl groups is 1. The number of aromatic hydroxyl groups is 3. The van der Waals surface area contributed by atoms with Crippen molar-refractivity contribution in [1.82, 2.24) is 0 Å². The number of benzene rings is 9. The molecule has 0 aromatic heterocycles. The number of aryl methyl sites for hydroxylation is 2. The van der Waals surface area contributed by atoms with Crippen LogP contribution in [0.25, 0.3) is 62.0 Å². The minimum absolute atomic E-state index is 0.240. The summed E-state index contributed by atoms with van der Waals surface area (Å²) in [5, 5.41) is 48.6. The summed E-state index contributed by atoms with van der Waals surface area (Å²) in [6.45, 7) is 4.62.